The van der Waals surface area contributed by atoms with Crippen LogP contribution in [0, 0.1) is 3.57 Å². The lowest BCUT2D eigenvalue weighted by molar-refractivity contribution is 0.946. The van der Waals surface area contributed by atoms with Crippen molar-refractivity contribution in [2.75, 3.05) is 5.73 Å². The molecule has 2 aromatic heterocycles. The van der Waals surface area contributed by atoms with Crippen molar-refractivity contribution in [3.8, 4) is 0 Å². The average Bonchev–Trinajstić information content (AvgIpc) is 2.45. The van der Waals surface area contributed by atoms with Gasteiger partial charge >= 0.3 is 0 Å². The summed E-state index contributed by atoms with van der Waals surface area (Å²) < 4.78 is 2.13. The molecule has 0 saturated carbocycles. The Morgan fingerprint density at radius 3 is 2.85 bits per heavy atom. The van der Waals surface area contributed by atoms with Gasteiger partial charge in [0.2, 0.25) is 0 Å². The molecule has 2 rings (SSSR count). The van der Waals surface area contributed by atoms with Gasteiger partial charge in [-0.2, -0.15) is 9.61 Å². The number of fused-ring (bicyclic) bond motifs is 1. The van der Waals surface area contributed by atoms with Gasteiger partial charge in [0.15, 0.2) is 5.65 Å². The maximum Gasteiger partial charge on any atom is 0.177 e. The molecule has 0 unspecified atom stereocenters. The summed E-state index contributed by atoms with van der Waals surface area (Å²) in [5, 5.41) is 4.73. The molecule has 2 N–H and O–H groups in total. The summed E-state index contributed by atoms with van der Waals surface area (Å²) in [5.41, 5.74) is 6.22. The molecule has 0 aromatic carbocycles. The van der Waals surface area contributed by atoms with Crippen LogP contribution in [0.4, 0.5) is 5.82 Å². The number of nitrogens with zero attached hydrogens (tertiary/aromatic N) is 3. The van der Waals surface area contributed by atoms with E-state index in [1.807, 2.05) is 22.6 Å². The first-order chi connectivity index (χ1) is 6.11. The fraction of sp³-hybridized carbons (Fsp3) is 0. The van der Waals surface area contributed by atoms with Crippen LogP contribution in [-0.4, -0.2) is 14.6 Å². The number of rotatable bonds is 0. The van der Waals surface area contributed by atoms with E-state index >= 15 is 0 Å². The van der Waals surface area contributed by atoms with Gasteiger partial charge in [-0.25, -0.2) is 4.98 Å². The maximum atomic E-state index is 5.82. The fourth-order valence-electron chi connectivity index (χ4n) is 0.940. The summed E-state index contributed by atoms with van der Waals surface area (Å²) in [7, 11) is 0. The Morgan fingerprint density at radius 1 is 1.46 bits per heavy atom. The van der Waals surface area contributed by atoms with Crippen molar-refractivity contribution in [1.29, 1.82) is 0 Å². The van der Waals surface area contributed by atoms with Gasteiger partial charge < -0.3 is 5.73 Å². The highest BCUT2D eigenvalue weighted by Crippen LogP contribution is 2.26. The Labute approximate surface area is 97.2 Å². The molecule has 0 radical (unpaired) electrons. The van der Waals surface area contributed by atoms with Crippen LogP contribution in [0.15, 0.2) is 6.20 Å². The molecule has 0 saturated heterocycles. The highest BCUT2D eigenvalue weighted by Gasteiger charge is 2.11. The van der Waals surface area contributed by atoms with Crippen molar-refractivity contribution < 1.29 is 0 Å². The molecular formula is C6H3Cl2IN4. The first-order valence-electron chi connectivity index (χ1n) is 3.25. The van der Waals surface area contributed by atoms with E-state index in [4.69, 9.17) is 28.9 Å². The third-order valence-corrected chi connectivity index (χ3v) is 3.46. The van der Waals surface area contributed by atoms with E-state index in [-0.39, 0.29) is 0 Å². The molecule has 0 spiro atoms. The number of aromatic nitrogens is 3. The number of anilines is 1. The van der Waals surface area contributed by atoms with Gasteiger partial charge in [0, 0.05) is 0 Å². The van der Waals surface area contributed by atoms with E-state index in [9.17, 15) is 0 Å². The van der Waals surface area contributed by atoms with E-state index in [0.29, 0.717) is 25.2 Å². The number of nitrogen functional groups attached to an aromatic ring is 1. The number of hydrogen-bond donors (Lipinski definition) is 1. The average molecular weight is 329 g/mol. The summed E-state index contributed by atoms with van der Waals surface area (Å²) in [6.07, 6.45) is 1.48. The monoisotopic (exact) mass is 328 g/mol. The van der Waals surface area contributed by atoms with Crippen molar-refractivity contribution in [3.05, 3.63) is 19.9 Å². The molecule has 0 aliphatic carbocycles. The zero-order chi connectivity index (χ0) is 9.59. The zero-order valence-electron chi connectivity index (χ0n) is 6.13. The van der Waals surface area contributed by atoms with Crippen LogP contribution in [0.2, 0.25) is 10.2 Å². The highest BCUT2D eigenvalue weighted by atomic mass is 127. The number of nitrogens with two attached hydrogens (primary N) is 1. The largest absolute Gasteiger partial charge is 0.383 e. The first kappa shape index (κ1) is 9.29. The summed E-state index contributed by atoms with van der Waals surface area (Å²) in [6, 6.07) is 0. The molecule has 0 aliphatic heterocycles. The maximum absolute atomic E-state index is 5.82. The molecule has 2 heterocycles. The van der Waals surface area contributed by atoms with Gasteiger partial charge in [-0.15, -0.1) is 0 Å². The second kappa shape index (κ2) is 3.14. The third-order valence-electron chi connectivity index (χ3n) is 1.54. The second-order valence-electron chi connectivity index (χ2n) is 2.33. The van der Waals surface area contributed by atoms with E-state index < -0.39 is 0 Å². The lowest BCUT2D eigenvalue weighted by Gasteiger charge is -2.02. The fourth-order valence-corrected chi connectivity index (χ4v) is 1.63. The van der Waals surface area contributed by atoms with E-state index in [1.165, 1.54) is 10.7 Å². The van der Waals surface area contributed by atoms with Crippen LogP contribution in [0.5, 0.6) is 0 Å². The minimum atomic E-state index is 0.341. The molecule has 0 fully saturated rings. The van der Waals surface area contributed by atoms with Crippen LogP contribution in [0.1, 0.15) is 0 Å². The van der Waals surface area contributed by atoms with Gasteiger partial charge in [0.1, 0.15) is 16.0 Å². The van der Waals surface area contributed by atoms with Crippen LogP contribution in [0.25, 0.3) is 5.65 Å². The van der Waals surface area contributed by atoms with Gasteiger partial charge in [-0.3, -0.25) is 0 Å². The molecule has 2 aromatic rings. The quantitative estimate of drug-likeness (QED) is 0.596. The molecule has 7 heteroatoms. The molecular weight excluding hydrogens is 326 g/mol. The lowest BCUT2D eigenvalue weighted by Crippen LogP contribution is -2.03. The number of halogens is 3. The van der Waals surface area contributed by atoms with Crippen molar-refractivity contribution in [2.45, 2.75) is 0 Å². The SMILES string of the molecule is Nc1c(I)c(Cl)nc2c(Cl)cnn12. The Kier molecular flexibility index (Phi) is 2.25. The van der Waals surface area contributed by atoms with Crippen LogP contribution in [-0.2, 0) is 0 Å². The van der Waals surface area contributed by atoms with Crippen LogP contribution < -0.4 is 5.73 Å². The van der Waals surface area contributed by atoms with Gasteiger partial charge in [0.25, 0.3) is 0 Å². The minimum Gasteiger partial charge on any atom is -0.383 e. The normalized spacial score (nSPS) is 11.0. The van der Waals surface area contributed by atoms with Crippen molar-refractivity contribution in [1.82, 2.24) is 14.6 Å². The lowest BCUT2D eigenvalue weighted by atomic mass is 10.5. The summed E-state index contributed by atoms with van der Waals surface area (Å²) in [5.74, 6) is 0.447. The van der Waals surface area contributed by atoms with Crippen molar-refractivity contribution in [2.24, 2.45) is 0 Å². The summed E-state index contributed by atoms with van der Waals surface area (Å²) in [6.45, 7) is 0. The Morgan fingerprint density at radius 2 is 2.15 bits per heavy atom. The molecule has 0 aliphatic rings. The van der Waals surface area contributed by atoms with Gasteiger partial charge in [0.05, 0.1) is 9.77 Å². The minimum absolute atomic E-state index is 0.341. The van der Waals surface area contributed by atoms with Crippen molar-refractivity contribution >= 4 is 57.3 Å². The number of hydrogen-bond acceptors (Lipinski definition) is 3. The molecule has 13 heavy (non-hydrogen) atoms. The molecule has 4 nitrogen and oxygen atoms in total. The molecule has 68 valence electrons. The summed E-state index contributed by atoms with van der Waals surface area (Å²) in [4.78, 5) is 4.04. The van der Waals surface area contributed by atoms with E-state index in [1.54, 1.807) is 0 Å². The van der Waals surface area contributed by atoms with Gasteiger partial charge in [-0.05, 0) is 22.6 Å². The summed E-state index contributed by atoms with van der Waals surface area (Å²) >= 11 is 13.6. The Hall–Kier alpha value is -0.270. The van der Waals surface area contributed by atoms with E-state index in [2.05, 4.69) is 10.1 Å². The predicted molar refractivity (Wildman–Crippen MR) is 60.1 cm³/mol. The zero-order valence-corrected chi connectivity index (χ0v) is 9.80. The van der Waals surface area contributed by atoms with Crippen LogP contribution in [0.3, 0.4) is 0 Å². The second-order valence-corrected chi connectivity index (χ2v) is 4.17. The van der Waals surface area contributed by atoms with Gasteiger partial charge in [-0.1, -0.05) is 23.2 Å². The molecule has 0 atom stereocenters. The Bertz CT molecular complexity index is 481. The standard InChI is InChI=1S/C6H3Cl2IN4/c7-2-1-11-13-5(10)3(9)4(8)12-6(2)13/h1H,10H2. The van der Waals surface area contributed by atoms with E-state index in [0.717, 1.165) is 0 Å². The predicted octanol–water partition coefficient (Wildman–Crippen LogP) is 2.22. The molecule has 0 bridgehead atoms. The highest BCUT2D eigenvalue weighted by molar-refractivity contribution is 14.1. The molecule has 0 amide bonds. The van der Waals surface area contributed by atoms with Crippen molar-refractivity contribution in [3.63, 3.8) is 0 Å². The topological polar surface area (TPSA) is 56.2 Å². The Balaban J connectivity index is 2.96. The first-order valence-corrected chi connectivity index (χ1v) is 5.08. The smallest absolute Gasteiger partial charge is 0.177 e. The third kappa shape index (κ3) is 1.35. The van der Waals surface area contributed by atoms with Crippen LogP contribution >= 0.6 is 45.8 Å².